The Balaban J connectivity index is 1.97. The second-order valence-electron chi connectivity index (χ2n) is 5.03. The van der Waals surface area contributed by atoms with E-state index < -0.39 is 5.92 Å². The lowest BCUT2D eigenvalue weighted by Crippen LogP contribution is -2.27. The largest absolute Gasteiger partial charge is 0.344 e. The number of hydrogen-bond acceptors (Lipinski definition) is 3. The zero-order valence-electron chi connectivity index (χ0n) is 12.3. The van der Waals surface area contributed by atoms with Gasteiger partial charge < -0.3 is 4.84 Å². The first-order valence-electron chi connectivity index (χ1n) is 7.25. The van der Waals surface area contributed by atoms with Gasteiger partial charge in [0.05, 0.1) is 0 Å². The van der Waals surface area contributed by atoms with Crippen molar-refractivity contribution in [2.45, 2.75) is 5.92 Å². The zero-order chi connectivity index (χ0) is 16.1. The Hall–Kier alpha value is -2.72. The maximum atomic E-state index is 12.8. The molecule has 0 saturated heterocycles. The Labute approximate surface area is 139 Å². The number of nitrogens with zero attached hydrogens (tertiary/aromatic N) is 1. The fourth-order valence-electron chi connectivity index (χ4n) is 2.39. The highest BCUT2D eigenvalue weighted by atomic mass is 32.1. The topological polar surface area (TPSA) is 31.2 Å². The third kappa shape index (κ3) is 3.55. The predicted octanol–water partition coefficient (Wildman–Crippen LogP) is 4.00. The molecule has 0 unspecified atom stereocenters. The maximum absolute atomic E-state index is 12.8. The van der Waals surface area contributed by atoms with E-state index in [9.17, 15) is 4.79 Å². The van der Waals surface area contributed by atoms with E-state index in [0.29, 0.717) is 4.64 Å². The van der Waals surface area contributed by atoms with Crippen LogP contribution in [0, 0.1) is 4.64 Å². The van der Waals surface area contributed by atoms with Gasteiger partial charge in [0.2, 0.25) is 0 Å². The number of aromatic nitrogens is 1. The van der Waals surface area contributed by atoms with Gasteiger partial charge in [-0.05, 0) is 23.3 Å². The van der Waals surface area contributed by atoms with Crippen LogP contribution < -0.4 is 4.84 Å². The van der Waals surface area contributed by atoms with E-state index in [4.69, 9.17) is 17.1 Å². The normalized spacial score (nSPS) is 10.5. The lowest BCUT2D eigenvalue weighted by molar-refractivity contribution is -0.145. The molecule has 0 N–H and O–H groups in total. The fourth-order valence-corrected chi connectivity index (χ4v) is 2.57. The molecule has 0 aliphatic carbocycles. The molecule has 0 fully saturated rings. The van der Waals surface area contributed by atoms with Crippen molar-refractivity contribution >= 4 is 18.2 Å². The van der Waals surface area contributed by atoms with Gasteiger partial charge in [-0.25, -0.2) is 4.79 Å². The monoisotopic (exact) mass is 321 g/mol. The summed E-state index contributed by atoms with van der Waals surface area (Å²) >= 11 is 5.18. The van der Waals surface area contributed by atoms with Gasteiger partial charge in [0, 0.05) is 6.20 Å². The van der Waals surface area contributed by atoms with Crippen LogP contribution in [0.15, 0.2) is 85.1 Å². The molecule has 2 aromatic carbocycles. The highest BCUT2D eigenvalue weighted by molar-refractivity contribution is 7.71. The molecule has 0 amide bonds. The van der Waals surface area contributed by atoms with Gasteiger partial charge in [0.1, 0.15) is 10.6 Å². The predicted molar refractivity (Wildman–Crippen MR) is 91.6 cm³/mol. The summed E-state index contributed by atoms with van der Waals surface area (Å²) in [4.78, 5) is 18.3. The summed E-state index contributed by atoms with van der Waals surface area (Å²) in [7, 11) is 0. The maximum Gasteiger partial charge on any atom is 0.344 e. The Morgan fingerprint density at radius 3 is 1.87 bits per heavy atom. The van der Waals surface area contributed by atoms with Crippen molar-refractivity contribution in [3.05, 3.63) is 101 Å². The van der Waals surface area contributed by atoms with Gasteiger partial charge in [-0.15, -0.1) is 0 Å². The Morgan fingerprint density at radius 2 is 1.35 bits per heavy atom. The van der Waals surface area contributed by atoms with Crippen LogP contribution in [-0.2, 0) is 4.79 Å². The van der Waals surface area contributed by atoms with E-state index in [-0.39, 0.29) is 5.97 Å². The summed E-state index contributed by atoms with van der Waals surface area (Å²) in [6.45, 7) is 0. The van der Waals surface area contributed by atoms with Gasteiger partial charge in [-0.2, -0.15) is 4.73 Å². The van der Waals surface area contributed by atoms with Crippen molar-refractivity contribution < 1.29 is 9.63 Å². The highest BCUT2D eigenvalue weighted by Crippen LogP contribution is 2.25. The molecule has 1 heterocycles. The number of pyridine rings is 1. The molecule has 0 aliphatic rings. The van der Waals surface area contributed by atoms with Gasteiger partial charge in [0.15, 0.2) is 0 Å². The number of rotatable bonds is 4. The van der Waals surface area contributed by atoms with Crippen LogP contribution in [0.3, 0.4) is 0 Å². The van der Waals surface area contributed by atoms with Crippen LogP contribution in [0.25, 0.3) is 0 Å². The average Bonchev–Trinajstić information content (AvgIpc) is 2.59. The first kappa shape index (κ1) is 15.2. The number of hydrogen-bond donors (Lipinski definition) is 0. The zero-order valence-corrected chi connectivity index (χ0v) is 13.1. The SMILES string of the molecule is O=C(On1ccccc1=S)C(c1ccccc1)c1ccccc1. The molecule has 0 saturated carbocycles. The van der Waals surface area contributed by atoms with Crippen molar-refractivity contribution in [2.24, 2.45) is 0 Å². The summed E-state index contributed by atoms with van der Waals surface area (Å²) in [6, 6.07) is 24.4. The molecule has 114 valence electrons. The van der Waals surface area contributed by atoms with E-state index in [1.54, 1.807) is 24.4 Å². The molecule has 0 spiro atoms. The smallest absolute Gasteiger partial charge is 0.335 e. The van der Waals surface area contributed by atoms with Crippen molar-refractivity contribution in [3.8, 4) is 0 Å². The summed E-state index contributed by atoms with van der Waals surface area (Å²) < 4.78 is 1.76. The molecular formula is C19H15NO2S. The first-order valence-corrected chi connectivity index (χ1v) is 7.66. The van der Waals surface area contributed by atoms with E-state index >= 15 is 0 Å². The molecule has 0 radical (unpaired) electrons. The number of benzene rings is 2. The van der Waals surface area contributed by atoms with Crippen LogP contribution in [0.2, 0.25) is 0 Å². The van der Waals surface area contributed by atoms with Gasteiger partial charge in [-0.1, -0.05) is 78.9 Å². The molecule has 0 atom stereocenters. The second-order valence-corrected chi connectivity index (χ2v) is 5.45. The van der Waals surface area contributed by atoms with Gasteiger partial charge in [0.25, 0.3) is 0 Å². The third-order valence-corrected chi connectivity index (χ3v) is 3.79. The quantitative estimate of drug-likeness (QED) is 0.681. The highest BCUT2D eigenvalue weighted by Gasteiger charge is 2.25. The minimum atomic E-state index is -0.500. The molecular weight excluding hydrogens is 306 g/mol. The van der Waals surface area contributed by atoms with Crippen LogP contribution in [0.4, 0.5) is 0 Å². The molecule has 0 aliphatic heterocycles. The average molecular weight is 321 g/mol. The Morgan fingerprint density at radius 1 is 0.826 bits per heavy atom. The Kier molecular flexibility index (Phi) is 4.64. The lowest BCUT2D eigenvalue weighted by atomic mass is 9.91. The van der Waals surface area contributed by atoms with E-state index in [0.717, 1.165) is 11.1 Å². The molecule has 4 heteroatoms. The minimum Gasteiger partial charge on any atom is -0.335 e. The van der Waals surface area contributed by atoms with E-state index in [1.165, 1.54) is 4.73 Å². The first-order chi connectivity index (χ1) is 11.3. The van der Waals surface area contributed by atoms with Gasteiger partial charge in [-0.3, -0.25) is 0 Å². The summed E-state index contributed by atoms with van der Waals surface area (Å²) in [5.74, 6) is -0.871. The van der Waals surface area contributed by atoms with Gasteiger partial charge >= 0.3 is 5.97 Å². The fraction of sp³-hybridized carbons (Fsp3) is 0.0526. The summed E-state index contributed by atoms with van der Waals surface area (Å²) in [5, 5.41) is 0. The third-order valence-electron chi connectivity index (χ3n) is 3.48. The number of carbonyl (C=O) groups is 1. The molecule has 3 nitrogen and oxygen atoms in total. The van der Waals surface area contributed by atoms with E-state index in [2.05, 4.69) is 0 Å². The van der Waals surface area contributed by atoms with Crippen molar-refractivity contribution in [3.63, 3.8) is 0 Å². The Bertz CT molecular complexity index is 804. The van der Waals surface area contributed by atoms with Crippen molar-refractivity contribution in [2.75, 3.05) is 0 Å². The number of carbonyl (C=O) groups excluding carboxylic acids is 1. The molecule has 1 aromatic heterocycles. The van der Waals surface area contributed by atoms with E-state index in [1.807, 2.05) is 60.7 Å². The van der Waals surface area contributed by atoms with Crippen LogP contribution >= 0.6 is 12.2 Å². The molecule has 23 heavy (non-hydrogen) atoms. The van der Waals surface area contributed by atoms with Crippen LogP contribution in [0.1, 0.15) is 17.0 Å². The minimum absolute atomic E-state index is 0.371. The lowest BCUT2D eigenvalue weighted by Gasteiger charge is -2.17. The van der Waals surface area contributed by atoms with Crippen LogP contribution in [-0.4, -0.2) is 10.7 Å². The molecule has 0 bridgehead atoms. The van der Waals surface area contributed by atoms with Crippen molar-refractivity contribution in [1.82, 2.24) is 4.73 Å². The van der Waals surface area contributed by atoms with Crippen LogP contribution in [0.5, 0.6) is 0 Å². The van der Waals surface area contributed by atoms with Crippen molar-refractivity contribution in [1.29, 1.82) is 0 Å². The summed E-state index contributed by atoms with van der Waals surface area (Å²) in [6.07, 6.45) is 1.63. The second kappa shape index (κ2) is 7.03. The summed E-state index contributed by atoms with van der Waals surface area (Å²) in [5.41, 5.74) is 1.76. The molecule has 3 aromatic rings. The molecule has 3 rings (SSSR count). The standard InChI is InChI=1S/C19H15NO2S/c21-19(22-20-14-8-7-13-17(20)23)18(15-9-3-1-4-10-15)16-11-5-2-6-12-16/h1-14,18H.